The average molecular weight is 358 g/mol. The van der Waals surface area contributed by atoms with Crippen LogP contribution in [0.25, 0.3) is 11.0 Å². The molecule has 2 fully saturated rings. The molecule has 1 amide bonds. The number of rotatable bonds is 4. The lowest BCUT2D eigenvalue weighted by Crippen LogP contribution is -2.49. The van der Waals surface area contributed by atoms with Crippen LogP contribution in [0.1, 0.15) is 19.3 Å². The van der Waals surface area contributed by atoms with Crippen molar-refractivity contribution < 1.29 is 13.9 Å². The first-order chi connectivity index (χ1) is 12.6. The lowest BCUT2D eigenvalue weighted by atomic mass is 9.93. The lowest BCUT2D eigenvalue weighted by Gasteiger charge is -2.37. The van der Waals surface area contributed by atoms with Crippen molar-refractivity contribution in [2.45, 2.75) is 24.9 Å². The van der Waals surface area contributed by atoms with Crippen LogP contribution in [0, 0.1) is 5.92 Å². The van der Waals surface area contributed by atoms with Crippen LogP contribution in [0.5, 0.6) is 0 Å². The summed E-state index contributed by atoms with van der Waals surface area (Å²) in [7, 11) is 0. The number of halogens is 1. The van der Waals surface area contributed by atoms with E-state index in [1.807, 2.05) is 24.3 Å². The van der Waals surface area contributed by atoms with Gasteiger partial charge in [-0.15, -0.1) is 0 Å². The maximum atomic E-state index is 15.1. The van der Waals surface area contributed by atoms with Crippen molar-refractivity contribution >= 4 is 22.8 Å². The zero-order valence-corrected chi connectivity index (χ0v) is 14.7. The number of para-hydroxylation sites is 2. The van der Waals surface area contributed by atoms with Crippen molar-refractivity contribution in [1.82, 2.24) is 15.3 Å². The van der Waals surface area contributed by atoms with E-state index >= 15 is 4.39 Å². The normalized spacial score (nSPS) is 22.5. The molecule has 2 saturated heterocycles. The quantitative estimate of drug-likeness (QED) is 0.907. The number of carbonyl (C=O) groups excluding carboxylic acids is 1. The second kappa shape index (κ2) is 7.15. The molecule has 6 nitrogen and oxygen atoms in total. The van der Waals surface area contributed by atoms with E-state index in [0.717, 1.165) is 23.3 Å². The third-order valence-corrected chi connectivity index (χ3v) is 5.30. The van der Waals surface area contributed by atoms with Crippen LogP contribution in [0.2, 0.25) is 0 Å². The first-order valence-corrected chi connectivity index (χ1v) is 9.14. The Morgan fingerprint density at radius 1 is 1.31 bits per heavy atom. The number of anilines is 1. The van der Waals surface area contributed by atoms with Gasteiger partial charge in [0.15, 0.2) is 0 Å². The molecule has 2 aromatic rings. The van der Waals surface area contributed by atoms with Gasteiger partial charge in [0.25, 0.3) is 0 Å². The Morgan fingerprint density at radius 2 is 2.08 bits per heavy atom. The van der Waals surface area contributed by atoms with E-state index in [1.165, 1.54) is 0 Å². The van der Waals surface area contributed by atoms with E-state index in [0.29, 0.717) is 39.1 Å². The van der Waals surface area contributed by atoms with Crippen LogP contribution in [0.3, 0.4) is 0 Å². The van der Waals surface area contributed by atoms with E-state index in [2.05, 4.69) is 20.2 Å². The summed E-state index contributed by atoms with van der Waals surface area (Å²) >= 11 is 0. The maximum absolute atomic E-state index is 15.1. The van der Waals surface area contributed by atoms with Crippen LogP contribution >= 0.6 is 0 Å². The molecule has 3 heterocycles. The number of carbonyl (C=O) groups is 1. The zero-order valence-electron chi connectivity index (χ0n) is 14.7. The summed E-state index contributed by atoms with van der Waals surface area (Å²) in [5.41, 5.74) is 0.329. The highest BCUT2D eigenvalue weighted by Crippen LogP contribution is 2.29. The second-order valence-electron chi connectivity index (χ2n) is 7.13. The number of amides is 1. The van der Waals surface area contributed by atoms with Gasteiger partial charge in [0.05, 0.1) is 36.3 Å². The summed E-state index contributed by atoms with van der Waals surface area (Å²) in [5.74, 6) is 0.548. The molecule has 1 unspecified atom stereocenters. The highest BCUT2D eigenvalue weighted by atomic mass is 19.1. The monoisotopic (exact) mass is 358 g/mol. The number of piperidine rings is 1. The first-order valence-electron chi connectivity index (χ1n) is 9.14. The Hall–Kier alpha value is -2.28. The summed E-state index contributed by atoms with van der Waals surface area (Å²) in [6.45, 7) is 2.25. The summed E-state index contributed by atoms with van der Waals surface area (Å²) in [6, 6.07) is 7.72. The fourth-order valence-electron chi connectivity index (χ4n) is 3.54. The minimum atomic E-state index is -1.37. The molecule has 7 heteroatoms. The SMILES string of the molecule is O=C(NCC1(F)CCN(c2cnc3ccccc3n2)CC1)C1CCOC1. The molecule has 138 valence electrons. The molecule has 0 bridgehead atoms. The van der Waals surface area contributed by atoms with E-state index in [1.54, 1.807) is 6.20 Å². The molecule has 1 atom stereocenters. The van der Waals surface area contributed by atoms with Crippen molar-refractivity contribution in [3.63, 3.8) is 0 Å². The van der Waals surface area contributed by atoms with Gasteiger partial charge in [0, 0.05) is 32.5 Å². The Kier molecular flexibility index (Phi) is 4.72. The highest BCUT2D eigenvalue weighted by Gasteiger charge is 2.36. The minimum absolute atomic E-state index is 0.0690. The molecule has 2 aliphatic rings. The number of benzene rings is 1. The van der Waals surface area contributed by atoms with Crippen molar-refractivity contribution in [2.75, 3.05) is 37.7 Å². The van der Waals surface area contributed by atoms with Gasteiger partial charge in [-0.1, -0.05) is 12.1 Å². The molecule has 4 rings (SSSR count). The number of fused-ring (bicyclic) bond motifs is 1. The average Bonchev–Trinajstić information content (AvgIpc) is 3.21. The molecule has 1 aromatic carbocycles. The second-order valence-corrected chi connectivity index (χ2v) is 7.13. The van der Waals surface area contributed by atoms with Crippen molar-refractivity contribution in [3.8, 4) is 0 Å². The molecular weight excluding hydrogens is 335 g/mol. The number of alkyl halides is 1. The number of nitrogens with zero attached hydrogens (tertiary/aromatic N) is 3. The van der Waals surface area contributed by atoms with Gasteiger partial charge in [0.1, 0.15) is 11.5 Å². The van der Waals surface area contributed by atoms with Gasteiger partial charge in [0.2, 0.25) is 5.91 Å². The van der Waals surface area contributed by atoms with Gasteiger partial charge >= 0.3 is 0 Å². The third kappa shape index (κ3) is 3.62. The molecular formula is C19H23FN4O2. The van der Waals surface area contributed by atoms with Gasteiger partial charge < -0.3 is 15.0 Å². The van der Waals surface area contributed by atoms with E-state index in [4.69, 9.17) is 4.74 Å². The predicted molar refractivity (Wildman–Crippen MR) is 96.8 cm³/mol. The van der Waals surface area contributed by atoms with Gasteiger partial charge in [-0.2, -0.15) is 0 Å². The van der Waals surface area contributed by atoms with Crippen molar-refractivity contribution in [3.05, 3.63) is 30.5 Å². The van der Waals surface area contributed by atoms with Gasteiger partial charge in [-0.25, -0.2) is 9.37 Å². The summed E-state index contributed by atoms with van der Waals surface area (Å²) in [6.07, 6.45) is 3.20. The molecule has 1 aromatic heterocycles. The third-order valence-electron chi connectivity index (χ3n) is 5.30. The highest BCUT2D eigenvalue weighted by molar-refractivity contribution is 5.79. The Morgan fingerprint density at radius 3 is 2.81 bits per heavy atom. The predicted octanol–water partition coefficient (Wildman–Crippen LogP) is 2.09. The smallest absolute Gasteiger partial charge is 0.225 e. The molecule has 0 spiro atoms. The lowest BCUT2D eigenvalue weighted by molar-refractivity contribution is -0.125. The summed E-state index contributed by atoms with van der Waals surface area (Å²) in [5, 5.41) is 2.77. The Bertz CT molecular complexity index is 786. The molecule has 26 heavy (non-hydrogen) atoms. The zero-order chi connectivity index (χ0) is 18.0. The van der Waals surface area contributed by atoms with Crippen LogP contribution in [0.4, 0.5) is 10.2 Å². The number of nitrogens with one attached hydrogen (secondary N) is 1. The summed E-state index contributed by atoms with van der Waals surface area (Å²) < 4.78 is 20.3. The number of aromatic nitrogens is 2. The largest absolute Gasteiger partial charge is 0.381 e. The van der Waals surface area contributed by atoms with Gasteiger partial charge in [-0.3, -0.25) is 9.78 Å². The number of ether oxygens (including phenoxy) is 1. The summed E-state index contributed by atoms with van der Waals surface area (Å²) in [4.78, 5) is 23.2. The first kappa shape index (κ1) is 17.1. The molecule has 0 aliphatic carbocycles. The van der Waals surface area contributed by atoms with E-state index in [-0.39, 0.29) is 18.4 Å². The van der Waals surface area contributed by atoms with Crippen LogP contribution in [-0.4, -0.2) is 54.4 Å². The standard InChI is InChI=1S/C19H23FN4O2/c20-19(13-22-18(25)14-5-10-26-12-14)6-8-24(9-7-19)17-11-21-15-3-1-2-4-16(15)23-17/h1-4,11,14H,5-10,12-13H2,(H,22,25). The van der Waals surface area contributed by atoms with E-state index < -0.39 is 5.67 Å². The topological polar surface area (TPSA) is 67.4 Å². The fourth-order valence-corrected chi connectivity index (χ4v) is 3.54. The minimum Gasteiger partial charge on any atom is -0.381 e. The fraction of sp³-hybridized carbons (Fsp3) is 0.526. The van der Waals surface area contributed by atoms with Crippen LogP contribution in [-0.2, 0) is 9.53 Å². The van der Waals surface area contributed by atoms with Crippen LogP contribution in [0.15, 0.2) is 30.5 Å². The van der Waals surface area contributed by atoms with E-state index in [9.17, 15) is 4.79 Å². The molecule has 0 radical (unpaired) electrons. The van der Waals surface area contributed by atoms with Crippen molar-refractivity contribution in [2.24, 2.45) is 5.92 Å². The molecule has 0 saturated carbocycles. The molecule has 2 aliphatic heterocycles. The van der Waals surface area contributed by atoms with Gasteiger partial charge in [-0.05, 0) is 18.6 Å². The number of hydrogen-bond donors (Lipinski definition) is 1. The molecule has 1 N–H and O–H groups in total. The van der Waals surface area contributed by atoms with Crippen LogP contribution < -0.4 is 10.2 Å². The Balaban J connectivity index is 1.34. The maximum Gasteiger partial charge on any atom is 0.225 e. The Labute approximate surface area is 151 Å². The number of hydrogen-bond acceptors (Lipinski definition) is 5. The van der Waals surface area contributed by atoms with Crippen molar-refractivity contribution in [1.29, 1.82) is 0 Å².